The predicted molar refractivity (Wildman–Crippen MR) is 77.5 cm³/mol. The third-order valence-corrected chi connectivity index (χ3v) is 3.33. The van der Waals surface area contributed by atoms with E-state index in [0.717, 1.165) is 18.4 Å². The second-order valence-corrected chi connectivity index (χ2v) is 5.07. The first-order chi connectivity index (χ1) is 9.49. The summed E-state index contributed by atoms with van der Waals surface area (Å²) in [4.78, 5) is 10.9. The van der Waals surface area contributed by atoms with E-state index in [1.165, 1.54) is 10.6 Å². The highest BCUT2D eigenvalue weighted by Crippen LogP contribution is 2.30. The van der Waals surface area contributed by atoms with Crippen LogP contribution in [0.25, 0.3) is 5.69 Å². The van der Waals surface area contributed by atoms with Crippen molar-refractivity contribution in [1.29, 1.82) is 0 Å². The minimum absolute atomic E-state index is 0.0179. The Morgan fingerprint density at radius 3 is 2.35 bits per heavy atom. The van der Waals surface area contributed by atoms with Crippen molar-refractivity contribution in [2.24, 2.45) is 0 Å². The van der Waals surface area contributed by atoms with Crippen LogP contribution in [0.5, 0.6) is 11.8 Å². The zero-order valence-electron chi connectivity index (χ0n) is 11.8. The molecular formula is C16H19NO3. The lowest BCUT2D eigenvalue weighted by molar-refractivity contribution is -0.117. The monoisotopic (exact) mass is 273 g/mol. The van der Waals surface area contributed by atoms with E-state index in [1.807, 2.05) is 24.3 Å². The van der Waals surface area contributed by atoms with Crippen molar-refractivity contribution in [3.8, 4) is 17.4 Å². The Bertz CT molecular complexity index is 611. The highest BCUT2D eigenvalue weighted by molar-refractivity contribution is 5.75. The fraction of sp³-hybridized carbons (Fsp3) is 0.312. The first-order valence-corrected chi connectivity index (χ1v) is 6.68. The molecule has 1 heterocycles. The van der Waals surface area contributed by atoms with Crippen LogP contribution in [0.1, 0.15) is 30.9 Å². The number of hydrogen-bond donors (Lipinski definition) is 2. The normalized spacial score (nSPS) is 10.7. The number of ketones is 1. The van der Waals surface area contributed by atoms with Crippen LogP contribution in [-0.2, 0) is 11.2 Å². The SMILES string of the molecule is CC(=O)CCCc1ccc(-n2c(O)cc(C)c2O)cc1. The van der Waals surface area contributed by atoms with Gasteiger partial charge in [-0.2, -0.15) is 0 Å². The summed E-state index contributed by atoms with van der Waals surface area (Å²) in [6, 6.07) is 9.12. The molecule has 0 fully saturated rings. The minimum Gasteiger partial charge on any atom is -0.494 e. The van der Waals surface area contributed by atoms with Gasteiger partial charge in [-0.15, -0.1) is 0 Å². The van der Waals surface area contributed by atoms with Gasteiger partial charge >= 0.3 is 0 Å². The average molecular weight is 273 g/mol. The van der Waals surface area contributed by atoms with Gasteiger partial charge < -0.3 is 15.0 Å². The van der Waals surface area contributed by atoms with Gasteiger partial charge in [0.05, 0.1) is 5.69 Å². The van der Waals surface area contributed by atoms with Crippen molar-refractivity contribution in [2.75, 3.05) is 0 Å². The zero-order valence-corrected chi connectivity index (χ0v) is 11.8. The zero-order chi connectivity index (χ0) is 14.7. The number of carbonyl (C=O) groups excluding carboxylic acids is 1. The van der Waals surface area contributed by atoms with Crippen molar-refractivity contribution >= 4 is 5.78 Å². The molecule has 0 radical (unpaired) electrons. The number of rotatable bonds is 5. The van der Waals surface area contributed by atoms with E-state index in [9.17, 15) is 15.0 Å². The van der Waals surface area contributed by atoms with Crippen LogP contribution in [0, 0.1) is 6.92 Å². The highest BCUT2D eigenvalue weighted by atomic mass is 16.3. The van der Waals surface area contributed by atoms with Crippen LogP contribution in [-0.4, -0.2) is 20.6 Å². The van der Waals surface area contributed by atoms with Crippen molar-refractivity contribution in [3.63, 3.8) is 0 Å². The van der Waals surface area contributed by atoms with Gasteiger partial charge in [-0.25, -0.2) is 0 Å². The summed E-state index contributed by atoms with van der Waals surface area (Å²) in [6.45, 7) is 3.34. The molecule has 0 saturated heterocycles. The molecule has 1 aromatic heterocycles. The van der Waals surface area contributed by atoms with Crippen LogP contribution in [0.4, 0.5) is 0 Å². The lowest BCUT2D eigenvalue weighted by atomic mass is 10.1. The molecule has 4 nitrogen and oxygen atoms in total. The number of carbonyl (C=O) groups is 1. The van der Waals surface area contributed by atoms with Gasteiger partial charge in [0.2, 0.25) is 5.88 Å². The molecule has 106 valence electrons. The Labute approximate surface area is 118 Å². The number of hydrogen-bond acceptors (Lipinski definition) is 3. The molecule has 20 heavy (non-hydrogen) atoms. The molecule has 0 atom stereocenters. The number of nitrogens with zero attached hydrogens (tertiary/aromatic N) is 1. The smallest absolute Gasteiger partial charge is 0.201 e. The summed E-state index contributed by atoms with van der Waals surface area (Å²) in [7, 11) is 0. The highest BCUT2D eigenvalue weighted by Gasteiger charge is 2.12. The van der Waals surface area contributed by atoms with Crippen molar-refractivity contribution < 1.29 is 15.0 Å². The van der Waals surface area contributed by atoms with E-state index < -0.39 is 0 Å². The van der Waals surface area contributed by atoms with E-state index in [4.69, 9.17) is 0 Å². The Kier molecular flexibility index (Phi) is 4.13. The Morgan fingerprint density at radius 1 is 1.20 bits per heavy atom. The fourth-order valence-corrected chi connectivity index (χ4v) is 2.22. The van der Waals surface area contributed by atoms with Gasteiger partial charge in [0.15, 0.2) is 5.88 Å². The maximum atomic E-state index is 10.9. The molecule has 1 aromatic carbocycles. The van der Waals surface area contributed by atoms with Crippen LogP contribution in [0.15, 0.2) is 30.3 Å². The summed E-state index contributed by atoms with van der Waals surface area (Å²) < 4.78 is 1.40. The Morgan fingerprint density at radius 2 is 1.85 bits per heavy atom. The molecular weight excluding hydrogens is 254 g/mol. The molecule has 2 aromatic rings. The molecule has 0 aliphatic carbocycles. The Hall–Kier alpha value is -2.23. The maximum absolute atomic E-state index is 10.9. The van der Waals surface area contributed by atoms with E-state index >= 15 is 0 Å². The van der Waals surface area contributed by atoms with E-state index in [2.05, 4.69) is 0 Å². The molecule has 0 aliphatic rings. The number of benzene rings is 1. The molecule has 0 aliphatic heterocycles. The summed E-state index contributed by atoms with van der Waals surface area (Å²) in [5.41, 5.74) is 2.48. The first-order valence-electron chi connectivity index (χ1n) is 6.68. The molecule has 0 saturated carbocycles. The molecule has 0 bridgehead atoms. The topological polar surface area (TPSA) is 62.5 Å². The number of aromatic nitrogens is 1. The van der Waals surface area contributed by atoms with Crippen molar-refractivity contribution in [3.05, 3.63) is 41.5 Å². The van der Waals surface area contributed by atoms with Crippen LogP contribution in [0.2, 0.25) is 0 Å². The fourth-order valence-electron chi connectivity index (χ4n) is 2.22. The quantitative estimate of drug-likeness (QED) is 0.879. The summed E-state index contributed by atoms with van der Waals surface area (Å²) >= 11 is 0. The largest absolute Gasteiger partial charge is 0.494 e. The van der Waals surface area contributed by atoms with Gasteiger partial charge in [0.25, 0.3) is 0 Å². The number of Topliss-reactive ketones (excluding diaryl/α,β-unsaturated/α-hetero) is 1. The second kappa shape index (κ2) is 5.82. The van der Waals surface area contributed by atoms with E-state index in [1.54, 1.807) is 13.8 Å². The average Bonchev–Trinajstić information content (AvgIpc) is 2.64. The van der Waals surface area contributed by atoms with Crippen molar-refractivity contribution in [2.45, 2.75) is 33.1 Å². The molecule has 2 N–H and O–H groups in total. The van der Waals surface area contributed by atoms with Gasteiger partial charge in [0.1, 0.15) is 5.78 Å². The Balaban J connectivity index is 2.14. The van der Waals surface area contributed by atoms with Gasteiger partial charge in [-0.05, 0) is 44.4 Å². The third-order valence-electron chi connectivity index (χ3n) is 3.33. The van der Waals surface area contributed by atoms with E-state index in [0.29, 0.717) is 17.7 Å². The summed E-state index contributed by atoms with van der Waals surface area (Å²) in [5, 5.41) is 19.7. The van der Waals surface area contributed by atoms with Crippen molar-refractivity contribution in [1.82, 2.24) is 4.57 Å². The number of aromatic hydroxyl groups is 2. The lowest BCUT2D eigenvalue weighted by Gasteiger charge is -2.08. The molecule has 2 rings (SSSR count). The standard InChI is InChI=1S/C16H19NO3/c1-11-10-15(19)17(16(11)20)14-8-6-13(7-9-14)5-3-4-12(2)18/h6-10,19-20H,3-5H2,1-2H3. The van der Waals surface area contributed by atoms with Crippen LogP contribution in [0.3, 0.4) is 0 Å². The van der Waals surface area contributed by atoms with Gasteiger partial charge in [-0.1, -0.05) is 12.1 Å². The van der Waals surface area contributed by atoms with E-state index in [-0.39, 0.29) is 17.5 Å². The summed E-state index contributed by atoms with van der Waals surface area (Å²) in [6.07, 6.45) is 2.29. The number of aryl methyl sites for hydroxylation is 2. The van der Waals surface area contributed by atoms with Gasteiger partial charge in [0, 0.05) is 18.1 Å². The van der Waals surface area contributed by atoms with Gasteiger partial charge in [-0.3, -0.25) is 4.57 Å². The molecule has 4 heteroatoms. The molecule has 0 unspecified atom stereocenters. The molecule has 0 spiro atoms. The third kappa shape index (κ3) is 3.02. The second-order valence-electron chi connectivity index (χ2n) is 5.07. The predicted octanol–water partition coefficient (Wildman–Crippen LogP) is 3.11. The first kappa shape index (κ1) is 14.2. The molecule has 0 amide bonds. The lowest BCUT2D eigenvalue weighted by Crippen LogP contribution is -1.95. The minimum atomic E-state index is 0.0179. The maximum Gasteiger partial charge on any atom is 0.201 e. The summed E-state index contributed by atoms with van der Waals surface area (Å²) in [5.74, 6) is 0.274. The van der Waals surface area contributed by atoms with Crippen LogP contribution >= 0.6 is 0 Å². The van der Waals surface area contributed by atoms with Crippen LogP contribution < -0.4 is 0 Å².